The van der Waals surface area contributed by atoms with E-state index in [-0.39, 0.29) is 5.41 Å². The third kappa shape index (κ3) is 2.85. The molecular formula is C21H22O. The maximum absolute atomic E-state index is 5.69. The Bertz CT molecular complexity index is 686. The molecule has 0 saturated carbocycles. The average molecular weight is 290 g/mol. The van der Waals surface area contributed by atoms with Crippen LogP contribution in [0.25, 0.3) is 24.3 Å². The fourth-order valence-corrected chi connectivity index (χ4v) is 2.68. The van der Waals surface area contributed by atoms with Gasteiger partial charge in [-0.25, -0.2) is 0 Å². The minimum Gasteiger partial charge on any atom is -0.496 e. The zero-order valence-electron chi connectivity index (χ0n) is 13.7. The van der Waals surface area contributed by atoms with Gasteiger partial charge in [0.05, 0.1) is 7.11 Å². The van der Waals surface area contributed by atoms with Crippen LogP contribution in [-0.4, -0.2) is 7.11 Å². The lowest BCUT2D eigenvalue weighted by molar-refractivity contribution is 0.412. The van der Waals surface area contributed by atoms with E-state index in [0.29, 0.717) is 0 Å². The summed E-state index contributed by atoms with van der Waals surface area (Å²) in [5, 5.41) is 0. The van der Waals surface area contributed by atoms with E-state index >= 15 is 0 Å². The Balaban J connectivity index is 2.28. The van der Waals surface area contributed by atoms with Crippen LogP contribution >= 0.6 is 0 Å². The van der Waals surface area contributed by atoms with Gasteiger partial charge in [0.1, 0.15) is 5.75 Å². The topological polar surface area (TPSA) is 9.23 Å². The second kappa shape index (κ2) is 5.49. The van der Waals surface area contributed by atoms with Gasteiger partial charge in [-0.1, -0.05) is 69.3 Å². The molecule has 0 aliphatic heterocycles. The second-order valence-corrected chi connectivity index (χ2v) is 6.77. The summed E-state index contributed by atoms with van der Waals surface area (Å²) in [6.07, 6.45) is 8.57. The Labute approximate surface area is 133 Å². The number of hydrogen-bond acceptors (Lipinski definition) is 1. The predicted octanol–water partition coefficient (Wildman–Crippen LogP) is 5.65. The summed E-state index contributed by atoms with van der Waals surface area (Å²) in [6.45, 7) is 6.72. The van der Waals surface area contributed by atoms with Crippen LogP contribution < -0.4 is 4.74 Å². The number of benzene rings is 2. The second-order valence-electron chi connectivity index (χ2n) is 6.77. The molecule has 112 valence electrons. The van der Waals surface area contributed by atoms with E-state index < -0.39 is 0 Å². The van der Waals surface area contributed by atoms with Crippen LogP contribution in [0.4, 0.5) is 0 Å². The molecule has 0 unspecified atom stereocenters. The van der Waals surface area contributed by atoms with Gasteiger partial charge in [-0.3, -0.25) is 0 Å². The van der Waals surface area contributed by atoms with E-state index in [1.165, 1.54) is 16.7 Å². The fourth-order valence-electron chi connectivity index (χ4n) is 2.68. The molecule has 0 heterocycles. The molecule has 1 nitrogen and oxygen atoms in total. The van der Waals surface area contributed by atoms with Crippen molar-refractivity contribution in [1.29, 1.82) is 0 Å². The van der Waals surface area contributed by atoms with Crippen molar-refractivity contribution in [3.63, 3.8) is 0 Å². The molecule has 1 heteroatoms. The van der Waals surface area contributed by atoms with Gasteiger partial charge < -0.3 is 4.74 Å². The van der Waals surface area contributed by atoms with Gasteiger partial charge in [0.2, 0.25) is 0 Å². The van der Waals surface area contributed by atoms with Crippen LogP contribution in [0.5, 0.6) is 5.75 Å². The normalized spacial score (nSPS) is 16.0. The first kappa shape index (κ1) is 14.6. The molecule has 2 aromatic carbocycles. The summed E-state index contributed by atoms with van der Waals surface area (Å²) >= 11 is 0. The molecule has 0 fully saturated rings. The zero-order chi connectivity index (χ0) is 15.7. The Kier molecular flexibility index (Phi) is 3.66. The fraction of sp³-hybridized carbons (Fsp3) is 0.238. The number of rotatable bonds is 1. The van der Waals surface area contributed by atoms with Crippen LogP contribution in [-0.2, 0) is 5.41 Å². The maximum atomic E-state index is 5.69. The van der Waals surface area contributed by atoms with Crippen LogP contribution in [0.3, 0.4) is 0 Å². The van der Waals surface area contributed by atoms with Crippen LogP contribution in [0.1, 0.15) is 48.6 Å². The SMILES string of the molecule is COc1c2cc(C(C)(C)C)cc1/C=C\c1ccc(cc1)/C=C\2. The molecule has 0 radical (unpaired) electrons. The van der Waals surface area contributed by atoms with Gasteiger partial charge >= 0.3 is 0 Å². The monoisotopic (exact) mass is 290 g/mol. The van der Waals surface area contributed by atoms with E-state index in [2.05, 4.69) is 81.5 Å². The lowest BCUT2D eigenvalue weighted by atomic mass is 9.84. The van der Waals surface area contributed by atoms with Gasteiger partial charge in [-0.2, -0.15) is 0 Å². The van der Waals surface area contributed by atoms with Crippen molar-refractivity contribution in [3.05, 3.63) is 64.2 Å². The largest absolute Gasteiger partial charge is 0.496 e. The van der Waals surface area contributed by atoms with Crippen LogP contribution in [0.15, 0.2) is 36.4 Å². The molecule has 0 amide bonds. The molecule has 0 aromatic heterocycles. The summed E-state index contributed by atoms with van der Waals surface area (Å²) in [5.74, 6) is 0.933. The van der Waals surface area contributed by atoms with Crippen molar-refractivity contribution >= 4 is 24.3 Å². The van der Waals surface area contributed by atoms with E-state index in [0.717, 1.165) is 16.9 Å². The number of fused-ring (bicyclic) bond motifs is 2. The number of hydrogen-bond donors (Lipinski definition) is 0. The lowest BCUT2D eigenvalue weighted by Crippen LogP contribution is -2.12. The minimum absolute atomic E-state index is 0.105. The molecule has 0 saturated heterocycles. The third-order valence-corrected chi connectivity index (χ3v) is 4.06. The summed E-state index contributed by atoms with van der Waals surface area (Å²) in [7, 11) is 1.74. The quantitative estimate of drug-likeness (QED) is 0.563. The Hall–Kier alpha value is -2.28. The molecule has 4 rings (SSSR count). The molecule has 4 bridgehead atoms. The average Bonchev–Trinajstić information content (AvgIpc) is 2.52. The summed E-state index contributed by atoms with van der Waals surface area (Å²) in [6, 6.07) is 13.0. The van der Waals surface area contributed by atoms with E-state index in [9.17, 15) is 0 Å². The summed E-state index contributed by atoms with van der Waals surface area (Å²) in [4.78, 5) is 0. The molecule has 0 N–H and O–H groups in total. The van der Waals surface area contributed by atoms with Crippen molar-refractivity contribution in [2.24, 2.45) is 0 Å². The van der Waals surface area contributed by atoms with E-state index in [4.69, 9.17) is 4.74 Å². The Morgan fingerprint density at radius 3 is 1.55 bits per heavy atom. The highest BCUT2D eigenvalue weighted by molar-refractivity contribution is 5.81. The molecule has 0 spiro atoms. The molecule has 2 aliphatic rings. The molecule has 22 heavy (non-hydrogen) atoms. The first-order chi connectivity index (χ1) is 10.5. The number of methoxy groups -OCH3 is 1. The van der Waals surface area contributed by atoms with Crippen molar-refractivity contribution in [1.82, 2.24) is 0 Å². The first-order valence-corrected chi connectivity index (χ1v) is 7.66. The van der Waals surface area contributed by atoms with Gasteiger partial charge in [-0.15, -0.1) is 0 Å². The van der Waals surface area contributed by atoms with Gasteiger partial charge in [0.25, 0.3) is 0 Å². The zero-order valence-corrected chi connectivity index (χ0v) is 13.7. The first-order valence-electron chi connectivity index (χ1n) is 7.66. The van der Waals surface area contributed by atoms with Crippen molar-refractivity contribution in [2.75, 3.05) is 7.11 Å². The van der Waals surface area contributed by atoms with E-state index in [1.807, 2.05) is 0 Å². The summed E-state index contributed by atoms with van der Waals surface area (Å²) in [5.41, 5.74) is 6.06. The van der Waals surface area contributed by atoms with Gasteiger partial charge in [-0.05, 0) is 34.2 Å². The van der Waals surface area contributed by atoms with Gasteiger partial charge in [0, 0.05) is 11.1 Å². The van der Waals surface area contributed by atoms with Crippen LogP contribution in [0.2, 0.25) is 0 Å². The van der Waals surface area contributed by atoms with Crippen molar-refractivity contribution in [2.45, 2.75) is 26.2 Å². The highest BCUT2D eigenvalue weighted by atomic mass is 16.5. The smallest absolute Gasteiger partial charge is 0.133 e. The Morgan fingerprint density at radius 2 is 1.18 bits per heavy atom. The molecular weight excluding hydrogens is 268 g/mol. The minimum atomic E-state index is 0.105. The van der Waals surface area contributed by atoms with Crippen LogP contribution in [0, 0.1) is 0 Å². The lowest BCUT2D eigenvalue weighted by Gasteiger charge is -2.22. The number of ether oxygens (including phenoxy) is 1. The van der Waals surface area contributed by atoms with Gasteiger partial charge in [0.15, 0.2) is 0 Å². The highest BCUT2D eigenvalue weighted by Crippen LogP contribution is 2.34. The standard InChI is InChI=1S/C21H22O/c1-21(2,3)19-13-17-11-9-15-5-6-16(8-7-15)10-12-18(14-19)20(17)22-4/h5-14H,1-4H3/b11-9-,12-10-. The maximum Gasteiger partial charge on any atom is 0.133 e. The molecule has 0 atom stereocenters. The molecule has 2 aliphatic carbocycles. The predicted molar refractivity (Wildman–Crippen MR) is 96.0 cm³/mol. The van der Waals surface area contributed by atoms with Crippen molar-refractivity contribution < 1.29 is 4.74 Å². The van der Waals surface area contributed by atoms with E-state index in [1.54, 1.807) is 7.11 Å². The van der Waals surface area contributed by atoms with Crippen molar-refractivity contribution in [3.8, 4) is 5.75 Å². The Morgan fingerprint density at radius 1 is 0.727 bits per heavy atom. The summed E-state index contributed by atoms with van der Waals surface area (Å²) < 4.78 is 5.69. The third-order valence-electron chi connectivity index (χ3n) is 4.06. The highest BCUT2D eigenvalue weighted by Gasteiger charge is 2.18. The molecule has 2 aromatic rings.